The molecule has 3 saturated heterocycles. The highest BCUT2D eigenvalue weighted by Crippen LogP contribution is 2.36. The number of aromatic nitrogens is 2. The van der Waals surface area contributed by atoms with Crippen LogP contribution in [0.3, 0.4) is 0 Å². The molecule has 45 heavy (non-hydrogen) atoms. The second-order valence-electron chi connectivity index (χ2n) is 11.5. The Kier molecular flexibility index (Phi) is 9.24. The number of halogens is 2. The lowest BCUT2D eigenvalue weighted by molar-refractivity contribution is -0.136. The number of nitrogens with zero attached hydrogens (tertiary/aromatic N) is 7. The van der Waals surface area contributed by atoms with Crippen LogP contribution in [0.15, 0.2) is 76.1 Å². The topological polar surface area (TPSA) is 131 Å². The zero-order chi connectivity index (χ0) is 31.6. The van der Waals surface area contributed by atoms with Crippen LogP contribution in [0.2, 0.25) is 0 Å². The number of carbonyl (C=O) groups is 3. The average molecular weight is 741 g/mol. The van der Waals surface area contributed by atoms with Gasteiger partial charge in [0.25, 0.3) is 0 Å². The first-order valence-electron chi connectivity index (χ1n) is 14.9. The second kappa shape index (κ2) is 13.3. The number of nitrogens with two attached hydrogens (primary N) is 1. The zero-order valence-electron chi connectivity index (χ0n) is 24.7. The van der Waals surface area contributed by atoms with E-state index in [2.05, 4.69) is 56.9 Å². The van der Waals surface area contributed by atoms with Crippen molar-refractivity contribution < 1.29 is 14.4 Å². The first kappa shape index (κ1) is 31.2. The minimum Gasteiger partial charge on any atom is -0.352 e. The van der Waals surface area contributed by atoms with Crippen molar-refractivity contribution in [1.29, 1.82) is 0 Å². The van der Waals surface area contributed by atoms with Gasteiger partial charge in [0.2, 0.25) is 11.8 Å². The molecule has 3 N–H and O–H groups in total. The van der Waals surface area contributed by atoms with E-state index < -0.39 is 17.6 Å². The third-order valence-electron chi connectivity index (χ3n) is 8.92. The SMILES string of the molecule is NN(C(=O)N1CCC2(CC1)C(=O)NCN2c1ccccc1)[C@H](Cc1cc(Br)cc(Br)c1)C(=O)N1CCN(c2cnccn2)CC1. The van der Waals surface area contributed by atoms with Gasteiger partial charge in [0, 0.05) is 72.7 Å². The van der Waals surface area contributed by atoms with Crippen molar-refractivity contribution in [3.05, 3.63) is 81.6 Å². The smallest absolute Gasteiger partial charge is 0.334 e. The second-order valence-corrected chi connectivity index (χ2v) is 13.3. The molecule has 0 bridgehead atoms. The Morgan fingerprint density at radius 1 is 0.956 bits per heavy atom. The Morgan fingerprint density at radius 2 is 1.64 bits per heavy atom. The van der Waals surface area contributed by atoms with Gasteiger partial charge in [0.1, 0.15) is 17.4 Å². The minimum atomic E-state index is -0.923. The molecule has 0 saturated carbocycles. The minimum absolute atomic E-state index is 0.0306. The monoisotopic (exact) mass is 739 g/mol. The van der Waals surface area contributed by atoms with Crippen molar-refractivity contribution in [3.63, 3.8) is 0 Å². The lowest BCUT2D eigenvalue weighted by atomic mass is 9.85. The van der Waals surface area contributed by atoms with Crippen LogP contribution in [0.1, 0.15) is 18.4 Å². The maximum absolute atomic E-state index is 14.1. The number of anilines is 2. The number of rotatable bonds is 6. The normalized spacial score (nSPS) is 18.6. The predicted molar refractivity (Wildman–Crippen MR) is 177 cm³/mol. The first-order chi connectivity index (χ1) is 21.7. The first-order valence-corrected chi connectivity index (χ1v) is 16.5. The highest BCUT2D eigenvalue weighted by Gasteiger charge is 2.51. The Bertz CT molecular complexity index is 1510. The number of carbonyl (C=O) groups excluding carboxylic acids is 3. The summed E-state index contributed by atoms with van der Waals surface area (Å²) in [5, 5.41) is 4.09. The summed E-state index contributed by atoms with van der Waals surface area (Å²) in [6.45, 7) is 3.20. The van der Waals surface area contributed by atoms with Gasteiger partial charge in [-0.15, -0.1) is 0 Å². The van der Waals surface area contributed by atoms with Gasteiger partial charge in [0.15, 0.2) is 0 Å². The highest BCUT2D eigenvalue weighted by atomic mass is 79.9. The molecule has 6 rings (SSSR count). The lowest BCUT2D eigenvalue weighted by Gasteiger charge is -2.44. The number of para-hydroxylation sites is 1. The van der Waals surface area contributed by atoms with Crippen LogP contribution in [0, 0.1) is 0 Å². The number of hydrazine groups is 1. The van der Waals surface area contributed by atoms with Crippen LogP contribution in [-0.2, 0) is 16.0 Å². The van der Waals surface area contributed by atoms with E-state index in [1.807, 2.05) is 48.5 Å². The van der Waals surface area contributed by atoms with Gasteiger partial charge in [-0.05, 0) is 48.7 Å². The molecule has 0 aliphatic carbocycles. The summed E-state index contributed by atoms with van der Waals surface area (Å²) in [6, 6.07) is 14.2. The number of urea groups is 1. The van der Waals surface area contributed by atoms with Crippen molar-refractivity contribution in [3.8, 4) is 0 Å². The van der Waals surface area contributed by atoms with Crippen molar-refractivity contribution >= 4 is 61.2 Å². The van der Waals surface area contributed by atoms with Gasteiger partial charge < -0.3 is 24.9 Å². The van der Waals surface area contributed by atoms with Gasteiger partial charge >= 0.3 is 6.03 Å². The van der Waals surface area contributed by atoms with Crippen molar-refractivity contribution in [2.75, 3.05) is 55.7 Å². The van der Waals surface area contributed by atoms with Crippen LogP contribution in [0.25, 0.3) is 0 Å². The fourth-order valence-corrected chi connectivity index (χ4v) is 7.86. The van der Waals surface area contributed by atoms with E-state index in [1.165, 1.54) is 0 Å². The van der Waals surface area contributed by atoms with Crippen molar-refractivity contribution in [2.45, 2.75) is 30.8 Å². The van der Waals surface area contributed by atoms with E-state index in [0.717, 1.165) is 31.0 Å². The summed E-state index contributed by atoms with van der Waals surface area (Å²) in [6.07, 6.45) is 6.14. The number of amides is 4. The molecule has 12 nitrogen and oxygen atoms in total. The van der Waals surface area contributed by atoms with Crippen LogP contribution in [-0.4, -0.2) is 100 Å². The molecule has 1 spiro atoms. The van der Waals surface area contributed by atoms with Crippen LogP contribution < -0.4 is 21.0 Å². The molecule has 3 fully saturated rings. The molecule has 1 atom stereocenters. The number of nitrogens with one attached hydrogen (secondary N) is 1. The molecule has 0 radical (unpaired) electrons. The van der Waals surface area contributed by atoms with Crippen molar-refractivity contribution in [2.24, 2.45) is 5.84 Å². The Morgan fingerprint density at radius 3 is 2.29 bits per heavy atom. The maximum Gasteiger partial charge on any atom is 0.334 e. The lowest BCUT2D eigenvalue weighted by Crippen LogP contribution is -2.63. The standard InChI is InChI=1S/C31H35Br2N9O3/c32-23-16-22(17-24(33)19-23)18-26(28(43)39-14-12-38(13-15-39)27-20-35-8-9-36-27)42(34)30(45)40-10-6-31(7-11-40)29(44)37-21-41(31)25-4-2-1-3-5-25/h1-5,8-9,16-17,19-20,26H,6-7,10-15,18,21,34H2,(H,37,44)/t26-/m1/s1. The molecule has 14 heteroatoms. The highest BCUT2D eigenvalue weighted by molar-refractivity contribution is 9.11. The Balaban J connectivity index is 1.17. The number of hydrogen-bond donors (Lipinski definition) is 2. The number of hydrogen-bond acceptors (Lipinski definition) is 8. The van der Waals surface area contributed by atoms with E-state index in [4.69, 9.17) is 5.84 Å². The quantitative estimate of drug-likeness (QED) is 0.224. The molecule has 4 heterocycles. The summed E-state index contributed by atoms with van der Waals surface area (Å²) in [5.74, 6) is 7.11. The molecule has 4 amide bonds. The largest absolute Gasteiger partial charge is 0.352 e. The van der Waals surface area contributed by atoms with Gasteiger partial charge in [-0.1, -0.05) is 50.1 Å². The number of piperazine rings is 1. The Hall–Kier alpha value is -3.75. The predicted octanol–water partition coefficient (Wildman–Crippen LogP) is 2.99. The summed E-state index contributed by atoms with van der Waals surface area (Å²) in [5.41, 5.74) is 1.08. The van der Waals surface area contributed by atoms with Gasteiger partial charge in [-0.3, -0.25) is 14.6 Å². The third-order valence-corrected chi connectivity index (χ3v) is 9.84. The van der Waals surface area contributed by atoms with Crippen LogP contribution in [0.5, 0.6) is 0 Å². The molecular weight excluding hydrogens is 706 g/mol. The van der Waals surface area contributed by atoms with E-state index >= 15 is 0 Å². The number of piperidine rings is 1. The average Bonchev–Trinajstić information content (AvgIpc) is 3.38. The molecule has 3 aromatic rings. The van der Waals surface area contributed by atoms with Gasteiger partial charge in [-0.25, -0.2) is 20.6 Å². The molecular formula is C31H35Br2N9O3. The van der Waals surface area contributed by atoms with E-state index in [-0.39, 0.29) is 18.2 Å². The summed E-state index contributed by atoms with van der Waals surface area (Å²) in [4.78, 5) is 57.3. The fraction of sp³-hybridized carbons (Fsp3) is 0.387. The summed E-state index contributed by atoms with van der Waals surface area (Å²) in [7, 11) is 0. The third kappa shape index (κ3) is 6.49. The number of likely N-dealkylation sites (tertiary alicyclic amines) is 1. The molecule has 1 aromatic heterocycles. The Labute approximate surface area is 278 Å². The maximum atomic E-state index is 14.1. The van der Waals surface area contributed by atoms with Gasteiger partial charge in [0.05, 0.1) is 12.9 Å². The zero-order valence-corrected chi connectivity index (χ0v) is 27.9. The molecule has 236 valence electrons. The van der Waals surface area contributed by atoms with E-state index in [1.54, 1.807) is 28.4 Å². The molecule has 3 aliphatic heterocycles. The van der Waals surface area contributed by atoms with E-state index in [0.29, 0.717) is 58.8 Å². The van der Waals surface area contributed by atoms with E-state index in [9.17, 15) is 14.4 Å². The van der Waals surface area contributed by atoms with Crippen LogP contribution in [0.4, 0.5) is 16.3 Å². The fourth-order valence-electron chi connectivity index (χ4n) is 6.48. The molecule has 2 aromatic carbocycles. The van der Waals surface area contributed by atoms with Crippen LogP contribution >= 0.6 is 31.9 Å². The molecule has 0 unspecified atom stereocenters. The van der Waals surface area contributed by atoms with Gasteiger partial charge in [-0.2, -0.15) is 0 Å². The summed E-state index contributed by atoms with van der Waals surface area (Å²) < 4.78 is 1.70. The molecule has 3 aliphatic rings. The summed E-state index contributed by atoms with van der Waals surface area (Å²) >= 11 is 7.06. The number of benzene rings is 2. The van der Waals surface area contributed by atoms with Crippen molar-refractivity contribution in [1.82, 2.24) is 30.1 Å².